The lowest BCUT2D eigenvalue weighted by atomic mass is 9.90. The fourth-order valence-corrected chi connectivity index (χ4v) is 3.64. The summed E-state index contributed by atoms with van der Waals surface area (Å²) in [6.07, 6.45) is 3.38. The van der Waals surface area contributed by atoms with E-state index in [1.54, 1.807) is 12.4 Å². The standard InChI is InChI=1S/C24H21N7O/c1-14-21(23-31-30-22(32-23)16-4-5-17-10-26-11-18(17)8-16)29-19(12-28-14)15-6-7-27-20(9-15)24(2,3)13-25/h4-9,12,26H,10-11H2,1-3H3. The number of nitriles is 1. The van der Waals surface area contributed by atoms with Crippen LogP contribution in [-0.2, 0) is 18.5 Å². The van der Waals surface area contributed by atoms with Crippen LogP contribution in [0.4, 0.5) is 0 Å². The Kier molecular flexibility index (Phi) is 4.76. The summed E-state index contributed by atoms with van der Waals surface area (Å²) in [4.78, 5) is 13.6. The number of hydrogen-bond donors (Lipinski definition) is 1. The first-order valence-electron chi connectivity index (χ1n) is 10.3. The molecule has 8 nitrogen and oxygen atoms in total. The maximum atomic E-state index is 9.44. The van der Waals surface area contributed by atoms with Crippen molar-refractivity contribution in [3.05, 3.63) is 65.2 Å². The number of hydrogen-bond acceptors (Lipinski definition) is 8. The smallest absolute Gasteiger partial charge is 0.268 e. The van der Waals surface area contributed by atoms with E-state index in [-0.39, 0.29) is 0 Å². The summed E-state index contributed by atoms with van der Waals surface area (Å²) in [6, 6.07) is 12.2. The molecule has 3 aromatic heterocycles. The Labute approximate surface area is 185 Å². The minimum atomic E-state index is -0.705. The van der Waals surface area contributed by atoms with Gasteiger partial charge in [-0.15, -0.1) is 10.2 Å². The Morgan fingerprint density at radius 1 is 1.00 bits per heavy atom. The number of aromatic nitrogens is 5. The summed E-state index contributed by atoms with van der Waals surface area (Å²) in [5.41, 5.74) is 6.07. The van der Waals surface area contributed by atoms with Gasteiger partial charge in [-0.05, 0) is 56.2 Å². The van der Waals surface area contributed by atoms with Crippen LogP contribution in [-0.4, -0.2) is 25.1 Å². The maximum absolute atomic E-state index is 9.44. The van der Waals surface area contributed by atoms with Crippen molar-refractivity contribution in [2.24, 2.45) is 0 Å². The Balaban J connectivity index is 1.51. The molecule has 0 fully saturated rings. The lowest BCUT2D eigenvalue weighted by molar-refractivity contribution is 0.581. The minimum Gasteiger partial charge on any atom is -0.415 e. The number of aryl methyl sites for hydroxylation is 1. The van der Waals surface area contributed by atoms with E-state index < -0.39 is 5.41 Å². The van der Waals surface area contributed by atoms with Crippen LogP contribution in [0, 0.1) is 18.3 Å². The van der Waals surface area contributed by atoms with Gasteiger partial charge in [0, 0.05) is 30.4 Å². The Bertz CT molecular complexity index is 1370. The lowest BCUT2D eigenvalue weighted by Gasteiger charge is -2.15. The molecule has 1 aromatic carbocycles. The van der Waals surface area contributed by atoms with Gasteiger partial charge in [0.1, 0.15) is 5.69 Å². The quantitative estimate of drug-likeness (QED) is 0.524. The molecule has 0 saturated carbocycles. The van der Waals surface area contributed by atoms with Crippen molar-refractivity contribution in [1.29, 1.82) is 5.26 Å². The molecule has 0 bridgehead atoms. The molecule has 0 amide bonds. The zero-order chi connectivity index (χ0) is 22.3. The molecule has 8 heteroatoms. The summed E-state index contributed by atoms with van der Waals surface area (Å²) >= 11 is 0. The van der Waals surface area contributed by atoms with Gasteiger partial charge >= 0.3 is 0 Å². The van der Waals surface area contributed by atoms with E-state index in [1.165, 1.54) is 11.1 Å². The van der Waals surface area contributed by atoms with Crippen LogP contribution >= 0.6 is 0 Å². The predicted molar refractivity (Wildman–Crippen MR) is 118 cm³/mol. The fraction of sp³-hybridized carbons (Fsp3) is 0.250. The maximum Gasteiger partial charge on any atom is 0.268 e. The molecular weight excluding hydrogens is 402 g/mol. The van der Waals surface area contributed by atoms with Gasteiger partial charge in [-0.3, -0.25) is 9.97 Å². The highest BCUT2D eigenvalue weighted by molar-refractivity contribution is 5.64. The predicted octanol–water partition coefficient (Wildman–Crippen LogP) is 3.97. The summed E-state index contributed by atoms with van der Waals surface area (Å²) in [5.74, 6) is 0.764. The molecule has 0 unspecified atom stereocenters. The zero-order valence-electron chi connectivity index (χ0n) is 18.0. The van der Waals surface area contributed by atoms with Crippen LogP contribution < -0.4 is 5.32 Å². The summed E-state index contributed by atoms with van der Waals surface area (Å²) in [5, 5.41) is 21.2. The van der Waals surface area contributed by atoms with Crippen molar-refractivity contribution in [1.82, 2.24) is 30.5 Å². The second-order valence-electron chi connectivity index (χ2n) is 8.36. The first-order valence-corrected chi connectivity index (χ1v) is 10.3. The molecule has 4 aromatic rings. The number of nitrogens with one attached hydrogen (secondary N) is 1. The van der Waals surface area contributed by atoms with Crippen molar-refractivity contribution in [2.45, 2.75) is 39.3 Å². The van der Waals surface area contributed by atoms with Crippen LogP contribution in [0.5, 0.6) is 0 Å². The number of nitrogens with zero attached hydrogens (tertiary/aromatic N) is 6. The van der Waals surface area contributed by atoms with E-state index >= 15 is 0 Å². The van der Waals surface area contributed by atoms with Crippen LogP contribution in [0.2, 0.25) is 0 Å². The third-order valence-corrected chi connectivity index (χ3v) is 5.64. The van der Waals surface area contributed by atoms with Crippen LogP contribution in [0.25, 0.3) is 34.3 Å². The molecule has 4 heterocycles. The Morgan fingerprint density at radius 3 is 2.66 bits per heavy atom. The third-order valence-electron chi connectivity index (χ3n) is 5.64. The van der Waals surface area contributed by atoms with E-state index in [0.717, 1.165) is 24.2 Å². The molecule has 0 atom stereocenters. The minimum absolute atomic E-state index is 0.317. The molecule has 1 aliphatic rings. The van der Waals surface area contributed by atoms with Gasteiger partial charge in [-0.1, -0.05) is 6.07 Å². The van der Waals surface area contributed by atoms with Crippen molar-refractivity contribution in [2.75, 3.05) is 0 Å². The highest BCUT2D eigenvalue weighted by atomic mass is 16.4. The molecule has 5 rings (SSSR count). The largest absolute Gasteiger partial charge is 0.415 e. The summed E-state index contributed by atoms with van der Waals surface area (Å²) in [6.45, 7) is 7.25. The van der Waals surface area contributed by atoms with Crippen LogP contribution in [0.1, 0.15) is 36.4 Å². The number of rotatable bonds is 4. The van der Waals surface area contributed by atoms with Gasteiger partial charge in [-0.2, -0.15) is 5.26 Å². The molecule has 0 radical (unpaired) electrons. The second kappa shape index (κ2) is 7.62. The van der Waals surface area contributed by atoms with Crippen molar-refractivity contribution < 1.29 is 4.42 Å². The highest BCUT2D eigenvalue weighted by Gasteiger charge is 2.23. The van der Waals surface area contributed by atoms with Gasteiger partial charge in [-0.25, -0.2) is 4.98 Å². The Hall–Kier alpha value is -3.96. The van der Waals surface area contributed by atoms with Crippen molar-refractivity contribution >= 4 is 0 Å². The highest BCUT2D eigenvalue weighted by Crippen LogP contribution is 2.29. The zero-order valence-corrected chi connectivity index (χ0v) is 18.0. The van der Waals surface area contributed by atoms with Gasteiger partial charge in [0.2, 0.25) is 5.89 Å². The normalized spacial score (nSPS) is 13.1. The first kappa shape index (κ1) is 20.0. The first-order chi connectivity index (χ1) is 15.4. The molecule has 158 valence electrons. The van der Waals surface area contributed by atoms with E-state index in [0.29, 0.717) is 34.6 Å². The third kappa shape index (κ3) is 3.53. The number of benzene rings is 1. The van der Waals surface area contributed by atoms with Crippen molar-refractivity contribution in [3.8, 4) is 40.4 Å². The van der Waals surface area contributed by atoms with Gasteiger partial charge in [0.05, 0.1) is 34.8 Å². The molecule has 32 heavy (non-hydrogen) atoms. The SMILES string of the molecule is Cc1ncc(-c2ccnc(C(C)(C)C#N)c2)nc1-c1nnc(-c2ccc3c(c2)CNC3)o1. The van der Waals surface area contributed by atoms with Gasteiger partial charge in [0.15, 0.2) is 0 Å². The monoisotopic (exact) mass is 423 g/mol. The second-order valence-corrected chi connectivity index (χ2v) is 8.36. The number of pyridine rings is 1. The van der Waals surface area contributed by atoms with Crippen molar-refractivity contribution in [3.63, 3.8) is 0 Å². The van der Waals surface area contributed by atoms with E-state index in [9.17, 15) is 5.26 Å². The summed E-state index contributed by atoms with van der Waals surface area (Å²) < 4.78 is 5.98. The van der Waals surface area contributed by atoms with Crippen LogP contribution in [0.3, 0.4) is 0 Å². The summed E-state index contributed by atoms with van der Waals surface area (Å²) in [7, 11) is 0. The number of fused-ring (bicyclic) bond motifs is 1. The lowest BCUT2D eigenvalue weighted by Crippen LogP contribution is -2.15. The fourth-order valence-electron chi connectivity index (χ4n) is 3.64. The average Bonchev–Trinajstić information content (AvgIpc) is 3.49. The molecule has 0 saturated heterocycles. The Morgan fingerprint density at radius 2 is 1.81 bits per heavy atom. The molecular formula is C24H21N7O. The average molecular weight is 423 g/mol. The van der Waals surface area contributed by atoms with Gasteiger partial charge < -0.3 is 9.73 Å². The van der Waals surface area contributed by atoms with E-state index in [2.05, 4.69) is 43.7 Å². The topological polar surface area (TPSA) is 113 Å². The molecule has 0 spiro atoms. The van der Waals surface area contributed by atoms with E-state index in [4.69, 9.17) is 9.40 Å². The van der Waals surface area contributed by atoms with Crippen LogP contribution in [0.15, 0.2) is 47.1 Å². The van der Waals surface area contributed by atoms with E-state index in [1.807, 2.05) is 39.0 Å². The van der Waals surface area contributed by atoms with Gasteiger partial charge in [0.25, 0.3) is 5.89 Å². The molecule has 1 N–H and O–H groups in total. The molecule has 1 aliphatic heterocycles. The molecule has 0 aliphatic carbocycles.